The monoisotopic (exact) mass is 241 g/mol. The molecule has 3 heteroatoms. The highest BCUT2D eigenvalue weighted by Gasteiger charge is 2.14. The molecule has 0 saturated heterocycles. The molecule has 0 saturated carbocycles. The highest BCUT2D eigenvalue weighted by Crippen LogP contribution is 2.31. The zero-order valence-electron chi connectivity index (χ0n) is 10.4. The van der Waals surface area contributed by atoms with Crippen LogP contribution in [0.5, 0.6) is 0 Å². The van der Waals surface area contributed by atoms with Gasteiger partial charge in [-0.3, -0.25) is 0 Å². The predicted molar refractivity (Wildman–Crippen MR) is 72.7 cm³/mol. The van der Waals surface area contributed by atoms with Gasteiger partial charge in [0.05, 0.1) is 5.56 Å². The Morgan fingerprint density at radius 1 is 1.06 bits per heavy atom. The summed E-state index contributed by atoms with van der Waals surface area (Å²) in [5, 5.41) is 9.21. The van der Waals surface area contributed by atoms with E-state index in [1.54, 1.807) is 18.2 Å². The molecule has 92 valence electrons. The number of nitrogens with two attached hydrogens (primary N) is 1. The summed E-state index contributed by atoms with van der Waals surface area (Å²) in [5.41, 5.74) is 10.5. The minimum absolute atomic E-state index is 0.295. The van der Waals surface area contributed by atoms with Crippen LogP contribution in [0.2, 0.25) is 0 Å². The van der Waals surface area contributed by atoms with Crippen molar-refractivity contribution in [1.29, 1.82) is 0 Å². The van der Waals surface area contributed by atoms with Crippen molar-refractivity contribution in [3.63, 3.8) is 0 Å². The molecule has 0 unspecified atom stereocenters. The van der Waals surface area contributed by atoms with E-state index in [0.717, 1.165) is 16.7 Å². The fourth-order valence-corrected chi connectivity index (χ4v) is 2.06. The van der Waals surface area contributed by atoms with Crippen LogP contribution in [0.1, 0.15) is 21.5 Å². The van der Waals surface area contributed by atoms with Gasteiger partial charge in [-0.25, -0.2) is 4.79 Å². The summed E-state index contributed by atoms with van der Waals surface area (Å²) in [4.78, 5) is 11.2. The van der Waals surface area contributed by atoms with Crippen molar-refractivity contribution in [1.82, 2.24) is 0 Å². The molecule has 0 atom stereocenters. The third-order valence-corrected chi connectivity index (χ3v) is 3.18. The minimum Gasteiger partial charge on any atom is -0.478 e. The SMILES string of the molecule is Cc1ccc(-c2ccccc2C(=O)O)c(C)c1N. The first-order valence-corrected chi connectivity index (χ1v) is 5.70. The first-order valence-electron chi connectivity index (χ1n) is 5.70. The average molecular weight is 241 g/mol. The molecule has 2 aromatic carbocycles. The van der Waals surface area contributed by atoms with Gasteiger partial charge in [0.2, 0.25) is 0 Å². The zero-order valence-corrected chi connectivity index (χ0v) is 10.4. The topological polar surface area (TPSA) is 63.3 Å². The van der Waals surface area contributed by atoms with Crippen molar-refractivity contribution < 1.29 is 9.90 Å². The van der Waals surface area contributed by atoms with Crippen LogP contribution in [-0.2, 0) is 0 Å². The van der Waals surface area contributed by atoms with E-state index in [1.165, 1.54) is 0 Å². The molecule has 0 aliphatic heterocycles. The summed E-state index contributed by atoms with van der Waals surface area (Å²) >= 11 is 0. The minimum atomic E-state index is -0.927. The number of hydrogen-bond acceptors (Lipinski definition) is 2. The van der Waals surface area contributed by atoms with E-state index < -0.39 is 5.97 Å². The number of carbonyl (C=O) groups is 1. The van der Waals surface area contributed by atoms with E-state index in [2.05, 4.69) is 0 Å². The van der Waals surface area contributed by atoms with Gasteiger partial charge in [0.1, 0.15) is 0 Å². The van der Waals surface area contributed by atoms with Gasteiger partial charge in [0.25, 0.3) is 0 Å². The van der Waals surface area contributed by atoms with Crippen LogP contribution in [0.4, 0.5) is 5.69 Å². The summed E-state index contributed by atoms with van der Waals surface area (Å²) in [5.74, 6) is -0.927. The van der Waals surface area contributed by atoms with Crippen LogP contribution in [0, 0.1) is 13.8 Å². The second kappa shape index (κ2) is 4.53. The van der Waals surface area contributed by atoms with Gasteiger partial charge in [-0.05, 0) is 42.2 Å². The fourth-order valence-electron chi connectivity index (χ4n) is 2.06. The molecule has 0 bridgehead atoms. The maximum Gasteiger partial charge on any atom is 0.336 e. The summed E-state index contributed by atoms with van der Waals surface area (Å²) in [7, 11) is 0. The number of anilines is 1. The molecule has 0 spiro atoms. The van der Waals surface area contributed by atoms with E-state index in [9.17, 15) is 9.90 Å². The molecular formula is C15H15NO2. The van der Waals surface area contributed by atoms with E-state index in [4.69, 9.17) is 5.73 Å². The molecule has 0 amide bonds. The number of carboxylic acids is 1. The number of aromatic carboxylic acids is 1. The van der Waals surface area contributed by atoms with Gasteiger partial charge in [0.15, 0.2) is 0 Å². The Morgan fingerprint density at radius 3 is 2.39 bits per heavy atom. The van der Waals surface area contributed by atoms with Crippen molar-refractivity contribution in [3.05, 3.63) is 53.1 Å². The molecule has 18 heavy (non-hydrogen) atoms. The second-order valence-corrected chi connectivity index (χ2v) is 4.32. The number of nitrogen functional groups attached to an aromatic ring is 1. The lowest BCUT2D eigenvalue weighted by Crippen LogP contribution is -2.01. The van der Waals surface area contributed by atoms with Crippen LogP contribution in [0.15, 0.2) is 36.4 Å². The Hall–Kier alpha value is -2.29. The first-order chi connectivity index (χ1) is 8.52. The number of carboxylic acid groups (broad SMARTS) is 1. The molecule has 0 radical (unpaired) electrons. The van der Waals surface area contributed by atoms with Crippen LogP contribution < -0.4 is 5.73 Å². The average Bonchev–Trinajstić information content (AvgIpc) is 2.36. The van der Waals surface area contributed by atoms with Crippen molar-refractivity contribution in [2.75, 3.05) is 5.73 Å². The van der Waals surface area contributed by atoms with Crippen molar-refractivity contribution in [2.45, 2.75) is 13.8 Å². The molecule has 2 rings (SSSR count). The van der Waals surface area contributed by atoms with E-state index in [0.29, 0.717) is 16.8 Å². The molecule has 0 aliphatic rings. The second-order valence-electron chi connectivity index (χ2n) is 4.32. The summed E-state index contributed by atoms with van der Waals surface area (Å²) in [6, 6.07) is 10.8. The molecular weight excluding hydrogens is 226 g/mol. The molecule has 3 N–H and O–H groups in total. The van der Waals surface area contributed by atoms with Crippen molar-refractivity contribution in [3.8, 4) is 11.1 Å². The molecule has 0 fully saturated rings. The largest absolute Gasteiger partial charge is 0.478 e. The zero-order chi connectivity index (χ0) is 13.3. The standard InChI is InChI=1S/C15H15NO2/c1-9-7-8-11(10(2)14(9)16)12-5-3-4-6-13(12)15(17)18/h3-8H,16H2,1-2H3,(H,17,18). The third-order valence-electron chi connectivity index (χ3n) is 3.18. The highest BCUT2D eigenvalue weighted by atomic mass is 16.4. The first kappa shape index (κ1) is 12.2. The third kappa shape index (κ3) is 1.95. The molecule has 0 heterocycles. The maximum atomic E-state index is 11.2. The van der Waals surface area contributed by atoms with Crippen LogP contribution in [0.3, 0.4) is 0 Å². The quantitative estimate of drug-likeness (QED) is 0.793. The summed E-state index contributed by atoms with van der Waals surface area (Å²) in [6.07, 6.45) is 0. The predicted octanol–water partition coefficient (Wildman–Crippen LogP) is 3.25. The Bertz CT molecular complexity index is 618. The van der Waals surface area contributed by atoms with E-state index >= 15 is 0 Å². The number of aryl methyl sites for hydroxylation is 1. The number of benzene rings is 2. The Morgan fingerprint density at radius 2 is 1.72 bits per heavy atom. The van der Waals surface area contributed by atoms with Crippen LogP contribution in [0.25, 0.3) is 11.1 Å². The van der Waals surface area contributed by atoms with Gasteiger partial charge < -0.3 is 10.8 Å². The van der Waals surface area contributed by atoms with Gasteiger partial charge in [0, 0.05) is 5.69 Å². The number of rotatable bonds is 2. The molecule has 2 aromatic rings. The Kier molecular flexibility index (Phi) is 3.06. The lowest BCUT2D eigenvalue weighted by Gasteiger charge is -2.13. The Labute approximate surface area is 106 Å². The summed E-state index contributed by atoms with van der Waals surface area (Å²) in [6.45, 7) is 3.85. The van der Waals surface area contributed by atoms with Crippen LogP contribution in [-0.4, -0.2) is 11.1 Å². The number of hydrogen-bond donors (Lipinski definition) is 2. The molecule has 3 nitrogen and oxygen atoms in total. The van der Waals surface area contributed by atoms with Gasteiger partial charge in [-0.15, -0.1) is 0 Å². The van der Waals surface area contributed by atoms with E-state index in [1.807, 2.05) is 32.0 Å². The Balaban J connectivity index is 2.70. The summed E-state index contributed by atoms with van der Waals surface area (Å²) < 4.78 is 0. The fraction of sp³-hybridized carbons (Fsp3) is 0.133. The smallest absolute Gasteiger partial charge is 0.336 e. The van der Waals surface area contributed by atoms with Gasteiger partial charge in [-0.2, -0.15) is 0 Å². The molecule has 0 aromatic heterocycles. The lowest BCUT2D eigenvalue weighted by atomic mass is 9.93. The molecule has 0 aliphatic carbocycles. The van der Waals surface area contributed by atoms with Crippen LogP contribution >= 0.6 is 0 Å². The maximum absolute atomic E-state index is 11.2. The normalized spacial score (nSPS) is 10.3. The van der Waals surface area contributed by atoms with E-state index in [-0.39, 0.29) is 0 Å². The highest BCUT2D eigenvalue weighted by molar-refractivity contribution is 5.97. The lowest BCUT2D eigenvalue weighted by molar-refractivity contribution is 0.0698. The van der Waals surface area contributed by atoms with Crippen molar-refractivity contribution in [2.24, 2.45) is 0 Å². The van der Waals surface area contributed by atoms with Gasteiger partial charge in [-0.1, -0.05) is 30.3 Å². The van der Waals surface area contributed by atoms with Gasteiger partial charge >= 0.3 is 5.97 Å². The van der Waals surface area contributed by atoms with Crippen molar-refractivity contribution >= 4 is 11.7 Å².